The smallest absolute Gasteiger partial charge is 0.150 e. The van der Waals surface area contributed by atoms with Crippen LogP contribution in [0.4, 0.5) is 16.0 Å². The SMILES string of the molecule is Cn1cc(CN2CCC[C@H]2c2cccc(Nc3cnccn3)n2)c2cc(F)ccc21. The molecule has 0 aliphatic carbocycles. The van der Waals surface area contributed by atoms with Gasteiger partial charge in [0.2, 0.25) is 0 Å². The highest BCUT2D eigenvalue weighted by Crippen LogP contribution is 2.34. The van der Waals surface area contributed by atoms with Gasteiger partial charge in [-0.3, -0.25) is 9.88 Å². The topological polar surface area (TPSA) is 58.9 Å². The number of halogens is 1. The highest BCUT2D eigenvalue weighted by molar-refractivity contribution is 5.84. The summed E-state index contributed by atoms with van der Waals surface area (Å²) in [5, 5.41) is 4.20. The van der Waals surface area contributed by atoms with Crippen molar-refractivity contribution in [3.63, 3.8) is 0 Å². The fourth-order valence-electron chi connectivity index (χ4n) is 4.34. The third-order valence-electron chi connectivity index (χ3n) is 5.70. The Balaban J connectivity index is 1.40. The van der Waals surface area contributed by atoms with Crippen LogP contribution in [0, 0.1) is 5.82 Å². The van der Waals surface area contributed by atoms with Crippen LogP contribution in [0.5, 0.6) is 0 Å². The first-order chi connectivity index (χ1) is 14.7. The number of aryl methyl sites for hydroxylation is 1. The number of likely N-dealkylation sites (tertiary alicyclic amines) is 1. The summed E-state index contributed by atoms with van der Waals surface area (Å²) in [6.45, 7) is 1.77. The second-order valence-corrected chi connectivity index (χ2v) is 7.72. The molecule has 1 N–H and O–H groups in total. The summed E-state index contributed by atoms with van der Waals surface area (Å²) in [5.74, 6) is 1.23. The number of benzene rings is 1. The van der Waals surface area contributed by atoms with Crippen molar-refractivity contribution >= 4 is 22.5 Å². The van der Waals surface area contributed by atoms with E-state index in [9.17, 15) is 4.39 Å². The zero-order valence-corrected chi connectivity index (χ0v) is 16.8. The van der Waals surface area contributed by atoms with Crippen molar-refractivity contribution in [1.29, 1.82) is 0 Å². The van der Waals surface area contributed by atoms with E-state index in [4.69, 9.17) is 4.98 Å². The first kappa shape index (κ1) is 18.7. The number of rotatable bonds is 5. The van der Waals surface area contributed by atoms with Crippen LogP contribution in [0.15, 0.2) is 61.2 Å². The van der Waals surface area contributed by atoms with Crippen molar-refractivity contribution < 1.29 is 4.39 Å². The Labute approximate surface area is 174 Å². The van der Waals surface area contributed by atoms with E-state index in [1.54, 1.807) is 24.7 Å². The van der Waals surface area contributed by atoms with E-state index in [0.29, 0.717) is 5.82 Å². The van der Waals surface area contributed by atoms with E-state index in [2.05, 4.69) is 37.0 Å². The molecule has 0 amide bonds. The van der Waals surface area contributed by atoms with Crippen molar-refractivity contribution in [3.8, 4) is 0 Å². The molecule has 0 unspecified atom stereocenters. The molecule has 4 heterocycles. The van der Waals surface area contributed by atoms with E-state index in [0.717, 1.165) is 53.9 Å². The number of aromatic nitrogens is 4. The predicted molar refractivity (Wildman–Crippen MR) is 115 cm³/mol. The molecule has 6 nitrogen and oxygen atoms in total. The minimum Gasteiger partial charge on any atom is -0.350 e. The summed E-state index contributed by atoms with van der Waals surface area (Å²) >= 11 is 0. The normalized spacial score (nSPS) is 16.9. The molecule has 1 fully saturated rings. The van der Waals surface area contributed by atoms with Gasteiger partial charge in [0.1, 0.15) is 17.5 Å². The molecule has 5 rings (SSSR count). The monoisotopic (exact) mass is 402 g/mol. The van der Waals surface area contributed by atoms with Crippen LogP contribution in [0.1, 0.15) is 30.1 Å². The predicted octanol–water partition coefficient (Wildman–Crippen LogP) is 4.58. The first-order valence-corrected chi connectivity index (χ1v) is 10.1. The van der Waals surface area contributed by atoms with E-state index in [1.165, 1.54) is 6.07 Å². The van der Waals surface area contributed by atoms with Gasteiger partial charge in [-0.05, 0) is 55.3 Å². The number of nitrogens with zero attached hydrogens (tertiary/aromatic N) is 5. The third kappa shape index (κ3) is 3.64. The summed E-state index contributed by atoms with van der Waals surface area (Å²) in [5.41, 5.74) is 3.23. The molecule has 3 aromatic heterocycles. The maximum Gasteiger partial charge on any atom is 0.150 e. The van der Waals surface area contributed by atoms with Gasteiger partial charge in [-0.25, -0.2) is 14.4 Å². The van der Waals surface area contributed by atoms with Gasteiger partial charge < -0.3 is 9.88 Å². The Morgan fingerprint density at radius 2 is 2.10 bits per heavy atom. The highest BCUT2D eigenvalue weighted by atomic mass is 19.1. The fourth-order valence-corrected chi connectivity index (χ4v) is 4.34. The molecule has 4 aromatic rings. The van der Waals surface area contributed by atoms with Gasteiger partial charge in [0.15, 0.2) is 0 Å². The standard InChI is InChI=1S/C23H23FN6/c1-29-14-16(18-12-17(24)7-8-20(18)29)15-30-11-3-5-21(30)19-4-2-6-22(27-19)28-23-13-25-9-10-26-23/h2,4,6-10,12-14,21H,3,5,11,15H2,1H3,(H,26,27,28)/t21-/m0/s1. The van der Waals surface area contributed by atoms with Crippen molar-refractivity contribution in [2.75, 3.05) is 11.9 Å². The van der Waals surface area contributed by atoms with Crippen LogP contribution in [-0.2, 0) is 13.6 Å². The molecule has 0 bridgehead atoms. The summed E-state index contributed by atoms with van der Waals surface area (Å²) in [6.07, 6.45) is 9.26. The summed E-state index contributed by atoms with van der Waals surface area (Å²) in [6, 6.07) is 11.3. The fraction of sp³-hybridized carbons (Fsp3) is 0.261. The zero-order valence-electron chi connectivity index (χ0n) is 16.8. The molecule has 0 spiro atoms. The van der Waals surface area contributed by atoms with Gasteiger partial charge in [-0.1, -0.05) is 6.07 Å². The molecule has 30 heavy (non-hydrogen) atoms. The molecule has 1 aliphatic rings. The lowest BCUT2D eigenvalue weighted by atomic mass is 10.1. The van der Waals surface area contributed by atoms with Gasteiger partial charge in [-0.2, -0.15) is 0 Å². The molecule has 1 atom stereocenters. The quantitative estimate of drug-likeness (QED) is 0.529. The highest BCUT2D eigenvalue weighted by Gasteiger charge is 2.28. The number of anilines is 2. The maximum absolute atomic E-state index is 13.9. The maximum atomic E-state index is 13.9. The van der Waals surface area contributed by atoms with E-state index in [1.807, 2.05) is 25.2 Å². The average molecular weight is 402 g/mol. The molecular weight excluding hydrogens is 379 g/mol. The van der Waals surface area contributed by atoms with Gasteiger partial charge in [0, 0.05) is 43.1 Å². The minimum absolute atomic E-state index is 0.197. The van der Waals surface area contributed by atoms with Crippen molar-refractivity contribution in [2.24, 2.45) is 7.05 Å². The largest absolute Gasteiger partial charge is 0.350 e. The third-order valence-corrected chi connectivity index (χ3v) is 5.70. The molecular formula is C23H23FN6. The number of fused-ring (bicyclic) bond motifs is 1. The number of nitrogens with one attached hydrogen (secondary N) is 1. The molecule has 152 valence electrons. The van der Waals surface area contributed by atoms with Crippen LogP contribution in [-0.4, -0.2) is 31.0 Å². The molecule has 0 saturated carbocycles. The van der Waals surface area contributed by atoms with E-state index < -0.39 is 0 Å². The minimum atomic E-state index is -0.197. The molecule has 1 aliphatic heterocycles. The Hall–Kier alpha value is -3.32. The van der Waals surface area contributed by atoms with E-state index in [-0.39, 0.29) is 11.9 Å². The second-order valence-electron chi connectivity index (χ2n) is 7.72. The molecule has 0 radical (unpaired) electrons. The summed E-state index contributed by atoms with van der Waals surface area (Å²) < 4.78 is 15.9. The van der Waals surface area contributed by atoms with Gasteiger partial charge in [0.05, 0.1) is 17.9 Å². The van der Waals surface area contributed by atoms with Crippen LogP contribution >= 0.6 is 0 Å². The van der Waals surface area contributed by atoms with Crippen LogP contribution in [0.3, 0.4) is 0 Å². The van der Waals surface area contributed by atoms with Crippen molar-refractivity contribution in [3.05, 3.63) is 78.3 Å². The number of hydrogen-bond acceptors (Lipinski definition) is 5. The van der Waals surface area contributed by atoms with Crippen LogP contribution < -0.4 is 5.32 Å². The van der Waals surface area contributed by atoms with E-state index >= 15 is 0 Å². The summed E-state index contributed by atoms with van der Waals surface area (Å²) in [4.78, 5) is 15.6. The van der Waals surface area contributed by atoms with Gasteiger partial charge in [-0.15, -0.1) is 0 Å². The summed E-state index contributed by atoms with van der Waals surface area (Å²) in [7, 11) is 2.01. The lowest BCUT2D eigenvalue weighted by Gasteiger charge is -2.24. The average Bonchev–Trinajstić information content (AvgIpc) is 3.34. The Kier molecular flexibility index (Phi) is 4.88. The Morgan fingerprint density at radius 3 is 2.97 bits per heavy atom. The van der Waals surface area contributed by atoms with Gasteiger partial charge >= 0.3 is 0 Å². The molecule has 1 aromatic carbocycles. The Bertz CT molecular complexity index is 1170. The second kappa shape index (κ2) is 7.84. The molecule has 1 saturated heterocycles. The first-order valence-electron chi connectivity index (χ1n) is 10.1. The Morgan fingerprint density at radius 1 is 1.17 bits per heavy atom. The molecule has 7 heteroatoms. The zero-order chi connectivity index (χ0) is 20.5. The lowest BCUT2D eigenvalue weighted by molar-refractivity contribution is 0.245. The van der Waals surface area contributed by atoms with Gasteiger partial charge in [0.25, 0.3) is 0 Å². The number of pyridine rings is 1. The van der Waals surface area contributed by atoms with Crippen molar-refractivity contribution in [2.45, 2.75) is 25.4 Å². The van der Waals surface area contributed by atoms with Crippen LogP contribution in [0.2, 0.25) is 0 Å². The van der Waals surface area contributed by atoms with Crippen LogP contribution in [0.25, 0.3) is 10.9 Å². The van der Waals surface area contributed by atoms with Crippen molar-refractivity contribution in [1.82, 2.24) is 24.4 Å². The lowest BCUT2D eigenvalue weighted by Crippen LogP contribution is -2.23. The number of hydrogen-bond donors (Lipinski definition) is 1.